The van der Waals surface area contributed by atoms with Crippen LogP contribution in [0.2, 0.25) is 0 Å². The quantitative estimate of drug-likeness (QED) is 0.255. The van der Waals surface area contributed by atoms with Crippen LogP contribution >= 0.6 is 0 Å². The number of nitrogens with two attached hydrogens (primary N) is 1. The van der Waals surface area contributed by atoms with Crippen molar-refractivity contribution in [2.24, 2.45) is 0 Å². The van der Waals surface area contributed by atoms with Crippen LogP contribution in [0, 0.1) is 0 Å². The van der Waals surface area contributed by atoms with Crippen molar-refractivity contribution in [3.63, 3.8) is 0 Å². The van der Waals surface area contributed by atoms with Gasteiger partial charge >= 0.3 is 5.69 Å². The fourth-order valence-corrected chi connectivity index (χ4v) is 5.10. The van der Waals surface area contributed by atoms with Crippen molar-refractivity contribution in [1.29, 1.82) is 0 Å². The molecule has 39 heavy (non-hydrogen) atoms. The van der Waals surface area contributed by atoms with Gasteiger partial charge in [-0.2, -0.15) is 0 Å². The van der Waals surface area contributed by atoms with Gasteiger partial charge in [0.1, 0.15) is 5.82 Å². The highest BCUT2D eigenvalue weighted by Gasteiger charge is 2.26. The summed E-state index contributed by atoms with van der Waals surface area (Å²) in [4.78, 5) is 33.0. The Morgan fingerprint density at radius 2 is 1.74 bits per heavy atom. The molecule has 0 saturated heterocycles. The summed E-state index contributed by atoms with van der Waals surface area (Å²) in [5.41, 5.74) is 8.70. The first-order valence-electron chi connectivity index (χ1n) is 13.9. The van der Waals surface area contributed by atoms with Gasteiger partial charge in [0.25, 0.3) is 5.56 Å². The van der Waals surface area contributed by atoms with Crippen LogP contribution in [0.25, 0.3) is 11.2 Å². The van der Waals surface area contributed by atoms with Gasteiger partial charge in [-0.1, -0.05) is 62.2 Å². The third kappa shape index (κ3) is 6.09. The number of hydrogen-bond donors (Lipinski definition) is 2. The van der Waals surface area contributed by atoms with Crippen LogP contribution < -0.4 is 22.0 Å². The molecule has 0 bridgehead atoms. The smallest absolute Gasteiger partial charge is 0.333 e. The number of hydrogen-bond acceptors (Lipinski definition) is 6. The van der Waals surface area contributed by atoms with Crippen LogP contribution in [0.5, 0.6) is 0 Å². The van der Waals surface area contributed by atoms with E-state index in [1.54, 1.807) is 4.57 Å². The van der Waals surface area contributed by atoms with E-state index in [-0.39, 0.29) is 23.9 Å². The molecular formula is C30H40N6O3. The van der Waals surface area contributed by atoms with Gasteiger partial charge in [0.05, 0.1) is 13.2 Å². The number of rotatable bonds is 13. The Kier molecular flexibility index (Phi) is 9.24. The molecule has 3 N–H and O–H groups in total. The SMILES string of the molecule is CCCCC(C)n1c(=O)c2c(nc(Cc3ccccc3)n2N(CC)CCO)n(CCc2ccc(N)cc2)c1=O. The van der Waals surface area contributed by atoms with Gasteiger partial charge in [-0.15, -0.1) is 0 Å². The molecule has 1 unspecified atom stereocenters. The summed E-state index contributed by atoms with van der Waals surface area (Å²) in [5.74, 6) is 0.656. The van der Waals surface area contributed by atoms with Gasteiger partial charge in [0.15, 0.2) is 11.2 Å². The summed E-state index contributed by atoms with van der Waals surface area (Å²) < 4.78 is 4.88. The zero-order valence-corrected chi connectivity index (χ0v) is 23.2. The average Bonchev–Trinajstić information content (AvgIpc) is 3.30. The van der Waals surface area contributed by atoms with Crippen molar-refractivity contribution in [2.45, 2.75) is 65.5 Å². The number of imidazole rings is 1. The predicted octanol–water partition coefficient (Wildman–Crippen LogP) is 3.48. The van der Waals surface area contributed by atoms with Crippen molar-refractivity contribution in [1.82, 2.24) is 18.8 Å². The van der Waals surface area contributed by atoms with Crippen molar-refractivity contribution in [2.75, 3.05) is 30.4 Å². The number of aliphatic hydroxyl groups is 1. The standard InChI is InChI=1S/C30H40N6O3/c1-4-6-10-22(3)35-29(38)27-28(34(30(35)39)18-17-23-13-15-25(31)16-14-23)32-26(21-24-11-8-7-9-12-24)36(27)33(5-2)19-20-37/h7-9,11-16,22,37H,4-6,10,17-21,31H2,1-3H3. The van der Waals surface area contributed by atoms with Gasteiger partial charge in [-0.05, 0) is 49.9 Å². The van der Waals surface area contributed by atoms with Crippen LogP contribution in [0.1, 0.15) is 63.0 Å². The first kappa shape index (κ1) is 28.2. The van der Waals surface area contributed by atoms with Crippen LogP contribution in [0.15, 0.2) is 64.2 Å². The monoisotopic (exact) mass is 532 g/mol. The Morgan fingerprint density at radius 3 is 2.38 bits per heavy atom. The number of fused-ring (bicyclic) bond motifs is 1. The zero-order chi connectivity index (χ0) is 27.9. The van der Waals surface area contributed by atoms with E-state index in [4.69, 9.17) is 10.7 Å². The van der Waals surface area contributed by atoms with Gasteiger partial charge in [-0.3, -0.25) is 13.9 Å². The largest absolute Gasteiger partial charge is 0.399 e. The van der Waals surface area contributed by atoms with Crippen molar-refractivity contribution in [3.05, 3.63) is 92.4 Å². The van der Waals surface area contributed by atoms with Gasteiger partial charge < -0.3 is 15.8 Å². The third-order valence-corrected chi connectivity index (χ3v) is 7.25. The van der Waals surface area contributed by atoms with Crippen molar-refractivity contribution < 1.29 is 5.11 Å². The van der Waals surface area contributed by atoms with Gasteiger partial charge in [-0.25, -0.2) is 14.5 Å². The topological polar surface area (TPSA) is 111 Å². The maximum atomic E-state index is 14.1. The molecule has 2 aromatic heterocycles. The molecule has 2 aromatic carbocycles. The molecule has 0 spiro atoms. The molecule has 4 aromatic rings. The lowest BCUT2D eigenvalue weighted by molar-refractivity contribution is 0.292. The minimum Gasteiger partial charge on any atom is -0.399 e. The second-order valence-electron chi connectivity index (χ2n) is 10.0. The highest BCUT2D eigenvalue weighted by molar-refractivity contribution is 5.72. The lowest BCUT2D eigenvalue weighted by Crippen LogP contribution is -2.45. The molecule has 0 aliphatic heterocycles. The highest BCUT2D eigenvalue weighted by Crippen LogP contribution is 2.19. The number of unbranched alkanes of at least 4 members (excludes halogenated alkanes) is 1. The van der Waals surface area contributed by atoms with E-state index >= 15 is 0 Å². The number of nitrogen functional groups attached to an aromatic ring is 1. The third-order valence-electron chi connectivity index (χ3n) is 7.25. The van der Waals surface area contributed by atoms with E-state index in [0.29, 0.717) is 55.2 Å². The maximum absolute atomic E-state index is 14.1. The Balaban J connectivity index is 1.96. The van der Waals surface area contributed by atoms with Crippen LogP contribution in [-0.2, 0) is 19.4 Å². The predicted molar refractivity (Wildman–Crippen MR) is 157 cm³/mol. The number of aliphatic hydroxyl groups excluding tert-OH is 1. The Bertz CT molecular complexity index is 1490. The molecule has 2 heterocycles. The van der Waals surface area contributed by atoms with Gasteiger partial charge in [0, 0.05) is 31.2 Å². The molecule has 0 saturated carbocycles. The molecule has 0 amide bonds. The minimum atomic E-state index is -0.342. The highest BCUT2D eigenvalue weighted by atomic mass is 16.3. The first-order valence-corrected chi connectivity index (χ1v) is 13.9. The summed E-state index contributed by atoms with van der Waals surface area (Å²) in [6, 6.07) is 17.3. The number of likely N-dealkylation sites (N-methyl/N-ethyl adjacent to an activating group) is 1. The van der Waals surface area contributed by atoms with E-state index in [0.717, 1.165) is 30.4 Å². The van der Waals surface area contributed by atoms with E-state index in [2.05, 4.69) is 6.92 Å². The fourth-order valence-electron chi connectivity index (χ4n) is 5.10. The van der Waals surface area contributed by atoms with E-state index in [9.17, 15) is 14.7 Å². The second kappa shape index (κ2) is 12.8. The van der Waals surface area contributed by atoms with E-state index in [1.807, 2.05) is 78.1 Å². The molecular weight excluding hydrogens is 492 g/mol. The van der Waals surface area contributed by atoms with Crippen LogP contribution in [-0.4, -0.2) is 43.6 Å². The summed E-state index contributed by atoms with van der Waals surface area (Å²) in [7, 11) is 0. The van der Waals surface area contributed by atoms with Crippen LogP contribution in [0.4, 0.5) is 5.69 Å². The molecule has 1 atom stereocenters. The molecule has 0 fully saturated rings. The summed E-state index contributed by atoms with van der Waals surface area (Å²) in [5, 5.41) is 11.8. The number of aromatic nitrogens is 4. The number of aryl methyl sites for hydroxylation is 2. The molecule has 4 rings (SSSR count). The normalized spacial score (nSPS) is 12.2. The average molecular weight is 533 g/mol. The zero-order valence-electron chi connectivity index (χ0n) is 23.2. The number of benzene rings is 2. The first-order chi connectivity index (χ1) is 18.9. The van der Waals surface area contributed by atoms with Gasteiger partial charge in [0.2, 0.25) is 0 Å². The van der Waals surface area contributed by atoms with Crippen molar-refractivity contribution >= 4 is 16.9 Å². The summed E-state index contributed by atoms with van der Waals surface area (Å²) in [6.45, 7) is 7.20. The second-order valence-corrected chi connectivity index (χ2v) is 10.0. The fraction of sp³-hybridized carbons (Fsp3) is 0.433. The Morgan fingerprint density at radius 1 is 1.03 bits per heavy atom. The molecule has 0 aliphatic carbocycles. The number of anilines is 1. The molecule has 9 nitrogen and oxygen atoms in total. The molecule has 0 aliphatic rings. The summed E-state index contributed by atoms with van der Waals surface area (Å²) >= 11 is 0. The lowest BCUT2D eigenvalue weighted by atomic mass is 10.1. The lowest BCUT2D eigenvalue weighted by Gasteiger charge is -2.26. The van der Waals surface area contributed by atoms with Crippen LogP contribution in [0.3, 0.4) is 0 Å². The number of nitrogens with zero attached hydrogens (tertiary/aromatic N) is 5. The Hall–Kier alpha value is -3.85. The molecule has 9 heteroatoms. The molecule has 0 radical (unpaired) electrons. The Labute approximate surface area is 229 Å². The minimum absolute atomic E-state index is 0.0733. The maximum Gasteiger partial charge on any atom is 0.333 e. The van der Waals surface area contributed by atoms with Crippen molar-refractivity contribution in [3.8, 4) is 0 Å². The van der Waals surface area contributed by atoms with E-state index < -0.39 is 0 Å². The summed E-state index contributed by atoms with van der Waals surface area (Å²) in [6.07, 6.45) is 3.70. The van der Waals surface area contributed by atoms with E-state index in [1.165, 1.54) is 4.57 Å². The molecule has 208 valence electrons.